The van der Waals surface area contributed by atoms with E-state index < -0.39 is 0 Å². The number of carbonyl (C=O) groups is 1. The van der Waals surface area contributed by atoms with Crippen LogP contribution in [0.2, 0.25) is 0 Å². The lowest BCUT2D eigenvalue weighted by Gasteiger charge is -2.10. The maximum Gasteiger partial charge on any atom is 0.243 e. The van der Waals surface area contributed by atoms with Crippen molar-refractivity contribution in [1.82, 2.24) is 0 Å². The molecule has 0 spiro atoms. The summed E-state index contributed by atoms with van der Waals surface area (Å²) < 4.78 is 5.53. The van der Waals surface area contributed by atoms with Gasteiger partial charge in [-0.3, -0.25) is 4.79 Å². The monoisotopic (exact) mass is 310 g/mol. The van der Waals surface area contributed by atoms with Gasteiger partial charge in [0.15, 0.2) is 0 Å². The van der Waals surface area contributed by atoms with Gasteiger partial charge in [-0.2, -0.15) is 0 Å². The normalized spacial score (nSPS) is 10.0. The van der Waals surface area contributed by atoms with Crippen LogP contribution in [-0.2, 0) is 4.79 Å². The zero-order chi connectivity index (χ0) is 16.7. The predicted molar refractivity (Wildman–Crippen MR) is 95.0 cm³/mol. The third-order valence-corrected chi connectivity index (χ3v) is 3.09. The van der Waals surface area contributed by atoms with E-state index in [1.807, 2.05) is 62.4 Å². The molecule has 0 bridgehead atoms. The molecular weight excluding hydrogens is 288 g/mol. The predicted octanol–water partition coefficient (Wildman–Crippen LogP) is 4.00. The van der Waals surface area contributed by atoms with E-state index >= 15 is 0 Å². The first-order valence-electron chi connectivity index (χ1n) is 7.50. The van der Waals surface area contributed by atoms with Crippen LogP contribution in [0.3, 0.4) is 0 Å². The van der Waals surface area contributed by atoms with Gasteiger partial charge in [0, 0.05) is 11.4 Å². The molecule has 0 radical (unpaired) electrons. The van der Waals surface area contributed by atoms with E-state index in [1.54, 1.807) is 0 Å². The number of amides is 1. The van der Waals surface area contributed by atoms with Crippen LogP contribution >= 0.6 is 0 Å². The highest BCUT2D eigenvalue weighted by Crippen LogP contribution is 2.16. The Morgan fingerprint density at radius 2 is 1.87 bits per heavy atom. The minimum Gasteiger partial charge on any atom is -0.489 e. The highest BCUT2D eigenvalue weighted by atomic mass is 16.5. The number of benzene rings is 2. The zero-order valence-corrected chi connectivity index (χ0v) is 13.6. The van der Waals surface area contributed by atoms with Gasteiger partial charge in [-0.25, -0.2) is 0 Å². The molecule has 2 aromatic rings. The van der Waals surface area contributed by atoms with Crippen molar-refractivity contribution < 1.29 is 9.53 Å². The van der Waals surface area contributed by atoms with Gasteiger partial charge in [-0.1, -0.05) is 18.7 Å². The molecule has 23 heavy (non-hydrogen) atoms. The average Bonchev–Trinajstić information content (AvgIpc) is 2.52. The molecule has 0 heterocycles. The molecule has 0 aliphatic heterocycles. The van der Waals surface area contributed by atoms with Crippen molar-refractivity contribution in [2.45, 2.75) is 13.8 Å². The molecule has 4 nitrogen and oxygen atoms in total. The highest BCUT2D eigenvalue weighted by Gasteiger charge is 2.03. The van der Waals surface area contributed by atoms with Crippen LogP contribution in [0.4, 0.5) is 11.4 Å². The number of rotatable bonds is 7. The Labute approximate surface area is 137 Å². The molecule has 0 unspecified atom stereocenters. The Balaban J connectivity index is 1.81. The minimum absolute atomic E-state index is 0.0850. The molecule has 0 aliphatic carbocycles. The van der Waals surface area contributed by atoms with Crippen LogP contribution in [0.25, 0.3) is 0 Å². The first-order chi connectivity index (χ1) is 11.0. The number of hydrogen-bond acceptors (Lipinski definition) is 3. The summed E-state index contributed by atoms with van der Waals surface area (Å²) in [5.41, 5.74) is 3.76. The molecule has 0 saturated heterocycles. The quantitative estimate of drug-likeness (QED) is 0.760. The van der Waals surface area contributed by atoms with Crippen LogP contribution in [0.1, 0.15) is 12.5 Å². The van der Waals surface area contributed by atoms with Crippen LogP contribution in [0.5, 0.6) is 5.75 Å². The lowest BCUT2D eigenvalue weighted by atomic mass is 10.2. The van der Waals surface area contributed by atoms with E-state index in [1.165, 1.54) is 0 Å². The highest BCUT2D eigenvalue weighted by molar-refractivity contribution is 5.93. The first-order valence-corrected chi connectivity index (χ1v) is 7.50. The smallest absolute Gasteiger partial charge is 0.243 e. The second kappa shape index (κ2) is 8.03. The average molecular weight is 310 g/mol. The largest absolute Gasteiger partial charge is 0.489 e. The lowest BCUT2D eigenvalue weighted by Crippen LogP contribution is -2.21. The maximum absolute atomic E-state index is 11.9. The topological polar surface area (TPSA) is 50.4 Å². The summed E-state index contributed by atoms with van der Waals surface area (Å²) in [4.78, 5) is 11.9. The van der Waals surface area contributed by atoms with Crippen LogP contribution < -0.4 is 15.4 Å². The summed E-state index contributed by atoms with van der Waals surface area (Å²) in [7, 11) is 0. The summed E-state index contributed by atoms with van der Waals surface area (Å²) in [6.07, 6.45) is 0. The standard InChI is InChI=1S/C19H22N2O2/c1-14(2)13-23-18-9-7-16(8-10-18)20-12-19(22)21-17-6-4-5-15(3)11-17/h4-11,20H,1,12-13H2,2-3H3,(H,21,22). The van der Waals surface area contributed by atoms with Crippen LogP contribution in [0.15, 0.2) is 60.7 Å². The van der Waals surface area contributed by atoms with E-state index in [2.05, 4.69) is 17.2 Å². The van der Waals surface area contributed by atoms with Gasteiger partial charge in [0.2, 0.25) is 5.91 Å². The fourth-order valence-corrected chi connectivity index (χ4v) is 1.99. The molecule has 2 rings (SSSR count). The van der Waals surface area contributed by atoms with Crippen molar-refractivity contribution in [3.8, 4) is 5.75 Å². The van der Waals surface area contributed by atoms with Crippen molar-refractivity contribution in [1.29, 1.82) is 0 Å². The van der Waals surface area contributed by atoms with E-state index in [0.29, 0.717) is 6.61 Å². The Bertz CT molecular complexity index is 678. The Morgan fingerprint density at radius 1 is 1.13 bits per heavy atom. The third kappa shape index (κ3) is 5.87. The van der Waals surface area contributed by atoms with E-state index in [0.717, 1.165) is 28.3 Å². The summed E-state index contributed by atoms with van der Waals surface area (Å²) in [5.74, 6) is 0.695. The second-order valence-electron chi connectivity index (χ2n) is 5.54. The number of carbonyl (C=O) groups excluding carboxylic acids is 1. The second-order valence-corrected chi connectivity index (χ2v) is 5.54. The Hall–Kier alpha value is -2.75. The summed E-state index contributed by atoms with van der Waals surface area (Å²) in [5, 5.41) is 5.95. The molecule has 0 saturated carbocycles. The molecule has 0 aromatic heterocycles. The summed E-state index contributed by atoms with van der Waals surface area (Å²) in [6, 6.07) is 15.2. The minimum atomic E-state index is -0.0850. The van der Waals surface area contributed by atoms with Gasteiger partial charge < -0.3 is 15.4 Å². The molecular formula is C19H22N2O2. The number of aryl methyl sites for hydroxylation is 1. The number of ether oxygens (including phenoxy) is 1. The summed E-state index contributed by atoms with van der Waals surface area (Å²) >= 11 is 0. The van der Waals surface area contributed by atoms with Crippen molar-refractivity contribution in [3.05, 3.63) is 66.2 Å². The molecule has 4 heteroatoms. The van der Waals surface area contributed by atoms with Crippen molar-refractivity contribution >= 4 is 17.3 Å². The fourth-order valence-electron chi connectivity index (χ4n) is 1.99. The number of nitrogens with one attached hydrogen (secondary N) is 2. The number of anilines is 2. The van der Waals surface area contributed by atoms with Gasteiger partial charge in [0.05, 0.1) is 6.54 Å². The van der Waals surface area contributed by atoms with E-state index in [9.17, 15) is 4.79 Å². The van der Waals surface area contributed by atoms with Gasteiger partial charge in [-0.15, -0.1) is 0 Å². The van der Waals surface area contributed by atoms with E-state index in [-0.39, 0.29) is 12.5 Å². The molecule has 0 fully saturated rings. The van der Waals surface area contributed by atoms with Crippen molar-refractivity contribution in [3.63, 3.8) is 0 Å². The molecule has 0 atom stereocenters. The van der Waals surface area contributed by atoms with Gasteiger partial charge in [0.1, 0.15) is 12.4 Å². The maximum atomic E-state index is 11.9. The third-order valence-electron chi connectivity index (χ3n) is 3.09. The van der Waals surface area contributed by atoms with Crippen molar-refractivity contribution in [2.75, 3.05) is 23.8 Å². The van der Waals surface area contributed by atoms with Crippen molar-refractivity contribution in [2.24, 2.45) is 0 Å². The molecule has 120 valence electrons. The SMILES string of the molecule is C=C(C)COc1ccc(NCC(=O)Nc2cccc(C)c2)cc1. The number of hydrogen-bond donors (Lipinski definition) is 2. The summed E-state index contributed by atoms with van der Waals surface area (Å²) in [6.45, 7) is 8.42. The molecule has 2 N–H and O–H groups in total. The molecule has 1 amide bonds. The molecule has 2 aromatic carbocycles. The van der Waals surface area contributed by atoms with Gasteiger partial charge in [0.25, 0.3) is 0 Å². The van der Waals surface area contributed by atoms with Gasteiger partial charge >= 0.3 is 0 Å². The Kier molecular flexibility index (Phi) is 5.80. The van der Waals surface area contributed by atoms with Crippen LogP contribution in [0, 0.1) is 6.92 Å². The van der Waals surface area contributed by atoms with E-state index in [4.69, 9.17) is 4.74 Å². The first kappa shape index (κ1) is 16.6. The molecule has 0 aliphatic rings. The lowest BCUT2D eigenvalue weighted by molar-refractivity contribution is -0.114. The fraction of sp³-hybridized carbons (Fsp3) is 0.211. The van der Waals surface area contributed by atoms with Gasteiger partial charge in [-0.05, 0) is 61.4 Å². The zero-order valence-electron chi connectivity index (χ0n) is 13.6. The van der Waals surface area contributed by atoms with Crippen LogP contribution in [-0.4, -0.2) is 19.1 Å². The Morgan fingerprint density at radius 3 is 2.52 bits per heavy atom.